The summed E-state index contributed by atoms with van der Waals surface area (Å²) in [6.07, 6.45) is 3.26. The van der Waals surface area contributed by atoms with Gasteiger partial charge in [0.05, 0.1) is 16.9 Å². The molecule has 0 aliphatic carbocycles. The highest BCUT2D eigenvalue weighted by molar-refractivity contribution is 6.31. The largest absolute Gasteiger partial charge is 0.319 e. The predicted molar refractivity (Wildman–Crippen MR) is 76.9 cm³/mol. The molecule has 0 saturated heterocycles. The molecule has 0 aliphatic heterocycles. The molecule has 6 nitrogen and oxygen atoms in total. The summed E-state index contributed by atoms with van der Waals surface area (Å²) >= 11 is 12.0. The van der Waals surface area contributed by atoms with Crippen molar-refractivity contribution in [3.05, 3.63) is 35.3 Å². The third kappa shape index (κ3) is 2.05. The molecule has 0 saturated carbocycles. The van der Waals surface area contributed by atoms with Gasteiger partial charge in [0.2, 0.25) is 0 Å². The summed E-state index contributed by atoms with van der Waals surface area (Å²) in [5.74, 6) is 1.83. The molecule has 3 aromatic heterocycles. The molecule has 0 radical (unpaired) electrons. The number of alkyl halides is 1. The Morgan fingerprint density at radius 2 is 2.20 bits per heavy atom. The molecular weight excluding hydrogens is 299 g/mol. The minimum atomic E-state index is -0.0741. The average Bonchev–Trinajstić information content (AvgIpc) is 3.00. The molecule has 1 unspecified atom stereocenters. The number of nitrogens with zero attached hydrogens (tertiary/aromatic N) is 6. The third-order valence-electron chi connectivity index (χ3n) is 3.20. The van der Waals surface area contributed by atoms with Gasteiger partial charge in [0.25, 0.3) is 0 Å². The lowest BCUT2D eigenvalue weighted by atomic mass is 10.3. The highest BCUT2D eigenvalue weighted by Crippen LogP contribution is 2.25. The van der Waals surface area contributed by atoms with Crippen LogP contribution in [-0.4, -0.2) is 29.3 Å². The summed E-state index contributed by atoms with van der Waals surface area (Å²) in [5.41, 5.74) is 1.46. The summed E-state index contributed by atoms with van der Waals surface area (Å²) in [6, 6.07) is 1.70. The van der Waals surface area contributed by atoms with Crippen molar-refractivity contribution in [3.8, 4) is 0 Å². The fourth-order valence-corrected chi connectivity index (χ4v) is 2.63. The van der Waals surface area contributed by atoms with Crippen molar-refractivity contribution in [1.82, 2.24) is 29.3 Å². The van der Waals surface area contributed by atoms with Gasteiger partial charge in [-0.25, -0.2) is 9.97 Å². The molecule has 104 valence electrons. The van der Waals surface area contributed by atoms with Crippen molar-refractivity contribution >= 4 is 34.4 Å². The molecule has 0 aliphatic rings. The van der Waals surface area contributed by atoms with Crippen LogP contribution >= 0.6 is 23.2 Å². The molecule has 0 aromatic carbocycles. The van der Waals surface area contributed by atoms with E-state index < -0.39 is 0 Å². The van der Waals surface area contributed by atoms with Gasteiger partial charge in [0.1, 0.15) is 17.7 Å². The molecule has 3 heterocycles. The number of aromatic nitrogens is 6. The average molecular weight is 311 g/mol. The summed E-state index contributed by atoms with van der Waals surface area (Å²) < 4.78 is 3.83. The number of pyridine rings is 1. The van der Waals surface area contributed by atoms with Gasteiger partial charge in [0.15, 0.2) is 11.5 Å². The molecule has 1 atom stereocenters. The van der Waals surface area contributed by atoms with E-state index in [-0.39, 0.29) is 11.9 Å². The number of halogens is 2. The zero-order chi connectivity index (χ0) is 14.3. The van der Waals surface area contributed by atoms with E-state index in [4.69, 9.17) is 23.2 Å². The van der Waals surface area contributed by atoms with Gasteiger partial charge in [-0.1, -0.05) is 11.6 Å². The lowest BCUT2D eigenvalue weighted by molar-refractivity contribution is 0.568. The van der Waals surface area contributed by atoms with Gasteiger partial charge < -0.3 is 9.13 Å². The molecule has 3 rings (SSSR count). The Labute approximate surface area is 125 Å². The first-order valence-corrected chi connectivity index (χ1v) is 6.95. The lowest BCUT2D eigenvalue weighted by Gasteiger charge is -2.15. The molecule has 0 bridgehead atoms. The van der Waals surface area contributed by atoms with Crippen LogP contribution in [0.15, 0.2) is 18.6 Å². The van der Waals surface area contributed by atoms with Crippen LogP contribution in [0.5, 0.6) is 0 Å². The first kappa shape index (κ1) is 13.3. The monoisotopic (exact) mass is 310 g/mol. The lowest BCUT2D eigenvalue weighted by Crippen LogP contribution is -2.14. The maximum absolute atomic E-state index is 6.00. The van der Waals surface area contributed by atoms with E-state index in [1.54, 1.807) is 18.6 Å². The second-order valence-corrected chi connectivity index (χ2v) is 5.21. The van der Waals surface area contributed by atoms with Crippen LogP contribution in [0.2, 0.25) is 5.02 Å². The zero-order valence-corrected chi connectivity index (χ0v) is 12.5. The Morgan fingerprint density at radius 3 is 2.85 bits per heavy atom. The number of hydrogen-bond donors (Lipinski definition) is 0. The van der Waals surface area contributed by atoms with Gasteiger partial charge in [-0.05, 0) is 13.0 Å². The smallest absolute Gasteiger partial charge is 0.160 e. The van der Waals surface area contributed by atoms with E-state index >= 15 is 0 Å². The summed E-state index contributed by atoms with van der Waals surface area (Å²) in [5, 5.41) is 8.60. The maximum Gasteiger partial charge on any atom is 0.160 e. The van der Waals surface area contributed by atoms with Crippen LogP contribution < -0.4 is 0 Å². The van der Waals surface area contributed by atoms with E-state index in [9.17, 15) is 0 Å². The van der Waals surface area contributed by atoms with Gasteiger partial charge in [-0.2, -0.15) is 0 Å². The van der Waals surface area contributed by atoms with E-state index in [0.29, 0.717) is 5.02 Å². The van der Waals surface area contributed by atoms with Gasteiger partial charge in [-0.3, -0.25) is 0 Å². The van der Waals surface area contributed by atoms with Crippen molar-refractivity contribution in [3.63, 3.8) is 0 Å². The zero-order valence-electron chi connectivity index (χ0n) is 11.0. The highest BCUT2D eigenvalue weighted by atomic mass is 35.5. The topological polar surface area (TPSA) is 61.4 Å². The van der Waals surface area contributed by atoms with E-state index in [0.717, 1.165) is 22.8 Å². The Balaban J connectivity index is 2.21. The summed E-state index contributed by atoms with van der Waals surface area (Å²) in [4.78, 5) is 8.84. The van der Waals surface area contributed by atoms with Crippen molar-refractivity contribution in [2.75, 3.05) is 0 Å². The number of hydrogen-bond acceptors (Lipinski definition) is 4. The molecule has 0 fully saturated rings. The standard InChI is InChI=1S/C12H12Cl2N6/c1-7(11-18-16-6-19(11)2)20-10(4-13)17-9-3-8(14)5-15-12(9)20/h3,5-7H,4H2,1-2H3. The van der Waals surface area contributed by atoms with Gasteiger partial charge >= 0.3 is 0 Å². The second-order valence-electron chi connectivity index (χ2n) is 4.50. The van der Waals surface area contributed by atoms with Crippen molar-refractivity contribution < 1.29 is 0 Å². The normalized spacial score (nSPS) is 13.0. The Kier molecular flexibility index (Phi) is 3.35. The van der Waals surface area contributed by atoms with Crippen LogP contribution in [0.3, 0.4) is 0 Å². The Bertz CT molecular complexity index is 762. The SMILES string of the molecule is CC(c1nncn1C)n1c(CCl)nc2cc(Cl)cnc21. The van der Waals surface area contributed by atoms with Crippen LogP contribution in [0, 0.1) is 0 Å². The van der Waals surface area contributed by atoms with E-state index in [1.807, 2.05) is 23.1 Å². The van der Waals surface area contributed by atoms with Crippen LogP contribution in [0.1, 0.15) is 24.6 Å². The molecule has 3 aromatic rings. The number of rotatable bonds is 3. The molecule has 0 N–H and O–H groups in total. The highest BCUT2D eigenvalue weighted by Gasteiger charge is 2.21. The van der Waals surface area contributed by atoms with E-state index in [1.165, 1.54) is 0 Å². The van der Waals surface area contributed by atoms with Crippen LogP contribution in [0.4, 0.5) is 0 Å². The van der Waals surface area contributed by atoms with Gasteiger partial charge in [0, 0.05) is 13.2 Å². The number of fused-ring (bicyclic) bond motifs is 1. The van der Waals surface area contributed by atoms with Crippen LogP contribution in [-0.2, 0) is 12.9 Å². The van der Waals surface area contributed by atoms with Crippen LogP contribution in [0.25, 0.3) is 11.2 Å². The van der Waals surface area contributed by atoms with E-state index in [2.05, 4.69) is 20.2 Å². The van der Waals surface area contributed by atoms with Crippen molar-refractivity contribution in [1.29, 1.82) is 0 Å². The number of imidazole rings is 1. The molecule has 0 spiro atoms. The quantitative estimate of drug-likeness (QED) is 0.698. The van der Waals surface area contributed by atoms with Crippen molar-refractivity contribution in [2.24, 2.45) is 7.05 Å². The summed E-state index contributed by atoms with van der Waals surface area (Å²) in [6.45, 7) is 2.01. The molecule has 8 heteroatoms. The Morgan fingerprint density at radius 1 is 1.40 bits per heavy atom. The number of aryl methyl sites for hydroxylation is 1. The summed E-state index contributed by atoms with van der Waals surface area (Å²) in [7, 11) is 1.90. The third-order valence-corrected chi connectivity index (χ3v) is 3.64. The minimum Gasteiger partial charge on any atom is -0.319 e. The molecule has 0 amide bonds. The predicted octanol–water partition coefficient (Wildman–Crippen LogP) is 2.56. The maximum atomic E-state index is 6.00. The first-order valence-electron chi connectivity index (χ1n) is 6.04. The first-order chi connectivity index (χ1) is 9.61. The Hall–Kier alpha value is -1.66. The van der Waals surface area contributed by atoms with Crippen molar-refractivity contribution in [2.45, 2.75) is 18.8 Å². The fourth-order valence-electron chi connectivity index (χ4n) is 2.29. The van der Waals surface area contributed by atoms with Gasteiger partial charge in [-0.15, -0.1) is 21.8 Å². The molecular formula is C12H12Cl2N6. The second kappa shape index (κ2) is 5.03. The minimum absolute atomic E-state index is 0.0741. The fraction of sp³-hybridized carbons (Fsp3) is 0.333. The molecule has 20 heavy (non-hydrogen) atoms.